The number of carbonyl (C=O) groups excluding carboxylic acids is 1. The highest BCUT2D eigenvalue weighted by molar-refractivity contribution is 5.76. The summed E-state index contributed by atoms with van der Waals surface area (Å²) in [6, 6.07) is 0. The third-order valence-electron chi connectivity index (χ3n) is 1.89. The van der Waals surface area contributed by atoms with Crippen LogP contribution in [-0.2, 0) is 4.79 Å². The maximum atomic E-state index is 10.6. The first-order valence-corrected chi connectivity index (χ1v) is 3.64. The van der Waals surface area contributed by atoms with Gasteiger partial charge in [-0.05, 0) is 12.3 Å². The molecule has 0 fully saturated rings. The van der Waals surface area contributed by atoms with Crippen molar-refractivity contribution in [1.29, 1.82) is 0 Å². The zero-order chi connectivity index (χ0) is 8.85. The monoisotopic (exact) mass is 161 g/mol. The molecule has 66 valence electrons. The van der Waals surface area contributed by atoms with Crippen molar-refractivity contribution in [2.24, 2.45) is 17.6 Å². The van der Waals surface area contributed by atoms with Crippen LogP contribution in [-0.4, -0.2) is 29.3 Å². The number of hydrogen-bond acceptors (Lipinski definition) is 3. The number of primary amides is 1. The van der Waals surface area contributed by atoms with Gasteiger partial charge < -0.3 is 15.9 Å². The molecule has 0 aliphatic rings. The molecule has 1 amide bonds. The predicted octanol–water partition coefficient (Wildman–Crippen LogP) is -0.901. The number of carbonyl (C=O) groups is 1. The minimum absolute atomic E-state index is 0.0250. The van der Waals surface area contributed by atoms with E-state index in [-0.39, 0.29) is 25.0 Å². The molecule has 4 nitrogen and oxygen atoms in total. The summed E-state index contributed by atoms with van der Waals surface area (Å²) in [7, 11) is 0. The SMILES string of the molecule is CC(C(N)=O)C(CO)CCO. The molecule has 0 aliphatic heterocycles. The molecular weight excluding hydrogens is 146 g/mol. The van der Waals surface area contributed by atoms with Gasteiger partial charge in [0.1, 0.15) is 0 Å². The van der Waals surface area contributed by atoms with Gasteiger partial charge in [0.05, 0.1) is 0 Å². The minimum Gasteiger partial charge on any atom is -0.396 e. The van der Waals surface area contributed by atoms with Gasteiger partial charge in [0.15, 0.2) is 0 Å². The maximum Gasteiger partial charge on any atom is 0.220 e. The van der Waals surface area contributed by atoms with Gasteiger partial charge in [0, 0.05) is 19.1 Å². The number of hydrogen-bond donors (Lipinski definition) is 3. The number of amides is 1. The lowest BCUT2D eigenvalue weighted by Gasteiger charge is -2.17. The summed E-state index contributed by atoms with van der Waals surface area (Å²) in [4.78, 5) is 10.6. The highest BCUT2D eigenvalue weighted by Crippen LogP contribution is 2.13. The molecule has 0 radical (unpaired) electrons. The van der Waals surface area contributed by atoms with Crippen molar-refractivity contribution in [2.45, 2.75) is 13.3 Å². The van der Waals surface area contributed by atoms with Crippen LogP contribution in [0.15, 0.2) is 0 Å². The topological polar surface area (TPSA) is 83.6 Å². The first-order chi connectivity index (χ1) is 5.13. The van der Waals surface area contributed by atoms with Gasteiger partial charge in [0.2, 0.25) is 5.91 Å². The standard InChI is InChI=1S/C7H15NO3/c1-5(7(8)11)6(4-10)2-3-9/h5-6,9-10H,2-4H2,1H3,(H2,8,11). The normalized spacial score (nSPS) is 15.9. The van der Waals surface area contributed by atoms with Gasteiger partial charge >= 0.3 is 0 Å². The number of rotatable bonds is 5. The van der Waals surface area contributed by atoms with E-state index >= 15 is 0 Å². The number of aliphatic hydroxyl groups is 2. The van der Waals surface area contributed by atoms with E-state index in [1.807, 2.05) is 0 Å². The van der Waals surface area contributed by atoms with Crippen LogP contribution >= 0.6 is 0 Å². The highest BCUT2D eigenvalue weighted by atomic mass is 16.3. The summed E-state index contributed by atoms with van der Waals surface area (Å²) >= 11 is 0. The molecular formula is C7H15NO3. The van der Waals surface area contributed by atoms with Crippen molar-refractivity contribution >= 4 is 5.91 Å². The highest BCUT2D eigenvalue weighted by Gasteiger charge is 2.20. The van der Waals surface area contributed by atoms with Gasteiger partial charge in [-0.15, -0.1) is 0 Å². The molecule has 0 saturated heterocycles. The lowest BCUT2D eigenvalue weighted by molar-refractivity contribution is -0.123. The average Bonchev–Trinajstić information content (AvgIpc) is 1.98. The smallest absolute Gasteiger partial charge is 0.220 e. The molecule has 4 N–H and O–H groups in total. The van der Waals surface area contributed by atoms with Crippen LogP contribution in [0.1, 0.15) is 13.3 Å². The molecule has 11 heavy (non-hydrogen) atoms. The molecule has 0 bridgehead atoms. The van der Waals surface area contributed by atoms with Crippen LogP contribution < -0.4 is 5.73 Å². The first kappa shape index (κ1) is 10.4. The van der Waals surface area contributed by atoms with Crippen molar-refractivity contribution in [2.75, 3.05) is 13.2 Å². The van der Waals surface area contributed by atoms with E-state index in [0.717, 1.165) is 0 Å². The van der Waals surface area contributed by atoms with E-state index in [0.29, 0.717) is 6.42 Å². The van der Waals surface area contributed by atoms with Crippen LogP contribution in [0.2, 0.25) is 0 Å². The molecule has 0 spiro atoms. The Kier molecular flexibility index (Phi) is 4.81. The van der Waals surface area contributed by atoms with Crippen molar-refractivity contribution in [3.05, 3.63) is 0 Å². The third kappa shape index (κ3) is 3.34. The molecule has 0 aromatic carbocycles. The Labute approximate surface area is 66.0 Å². The van der Waals surface area contributed by atoms with E-state index in [1.165, 1.54) is 0 Å². The van der Waals surface area contributed by atoms with Crippen molar-refractivity contribution in [1.82, 2.24) is 0 Å². The average molecular weight is 161 g/mol. The Balaban J connectivity index is 3.91. The fourth-order valence-corrected chi connectivity index (χ4v) is 0.898. The van der Waals surface area contributed by atoms with Crippen LogP contribution in [0.5, 0.6) is 0 Å². The second-order valence-corrected chi connectivity index (χ2v) is 2.65. The van der Waals surface area contributed by atoms with Gasteiger partial charge in [-0.2, -0.15) is 0 Å². The minimum atomic E-state index is -0.433. The van der Waals surface area contributed by atoms with Gasteiger partial charge in [-0.3, -0.25) is 4.79 Å². The summed E-state index contributed by atoms with van der Waals surface area (Å²) in [5.74, 6) is -1.01. The van der Waals surface area contributed by atoms with E-state index in [9.17, 15) is 4.79 Å². The first-order valence-electron chi connectivity index (χ1n) is 3.64. The number of aliphatic hydroxyl groups excluding tert-OH is 2. The van der Waals surface area contributed by atoms with E-state index < -0.39 is 5.91 Å². The molecule has 0 aromatic rings. The number of nitrogens with two attached hydrogens (primary N) is 1. The van der Waals surface area contributed by atoms with Crippen LogP contribution in [0, 0.1) is 11.8 Å². The molecule has 0 saturated carbocycles. The Hall–Kier alpha value is -0.610. The van der Waals surface area contributed by atoms with Gasteiger partial charge in [0.25, 0.3) is 0 Å². The molecule has 4 heteroatoms. The molecule has 0 rings (SSSR count). The van der Waals surface area contributed by atoms with Crippen molar-refractivity contribution in [3.8, 4) is 0 Å². The Bertz CT molecular complexity index is 127. The fourth-order valence-electron chi connectivity index (χ4n) is 0.898. The molecule has 0 aromatic heterocycles. The third-order valence-corrected chi connectivity index (χ3v) is 1.89. The van der Waals surface area contributed by atoms with E-state index in [2.05, 4.69) is 0 Å². The zero-order valence-corrected chi connectivity index (χ0v) is 6.66. The van der Waals surface area contributed by atoms with Crippen LogP contribution in [0.3, 0.4) is 0 Å². The molecule has 0 aliphatic carbocycles. The summed E-state index contributed by atoms with van der Waals surface area (Å²) in [5.41, 5.74) is 5.01. The lowest BCUT2D eigenvalue weighted by Crippen LogP contribution is -2.30. The van der Waals surface area contributed by atoms with Crippen molar-refractivity contribution in [3.63, 3.8) is 0 Å². The maximum absolute atomic E-state index is 10.6. The van der Waals surface area contributed by atoms with Gasteiger partial charge in [-0.1, -0.05) is 6.92 Å². The Morgan fingerprint density at radius 3 is 2.36 bits per heavy atom. The summed E-state index contributed by atoms with van der Waals surface area (Å²) in [5, 5.41) is 17.3. The summed E-state index contributed by atoms with van der Waals surface area (Å²) < 4.78 is 0. The van der Waals surface area contributed by atoms with Gasteiger partial charge in [-0.25, -0.2) is 0 Å². The zero-order valence-electron chi connectivity index (χ0n) is 6.66. The van der Waals surface area contributed by atoms with E-state index in [4.69, 9.17) is 15.9 Å². The Morgan fingerprint density at radius 1 is 1.55 bits per heavy atom. The molecule has 2 atom stereocenters. The van der Waals surface area contributed by atoms with E-state index in [1.54, 1.807) is 6.92 Å². The van der Waals surface area contributed by atoms with Crippen LogP contribution in [0.25, 0.3) is 0 Å². The fraction of sp³-hybridized carbons (Fsp3) is 0.857. The largest absolute Gasteiger partial charge is 0.396 e. The lowest BCUT2D eigenvalue weighted by atomic mass is 9.91. The second kappa shape index (κ2) is 5.09. The van der Waals surface area contributed by atoms with Crippen LogP contribution in [0.4, 0.5) is 0 Å². The summed E-state index contributed by atoms with van der Waals surface area (Å²) in [6.07, 6.45) is 0.417. The Morgan fingerprint density at radius 2 is 2.09 bits per heavy atom. The molecule has 2 unspecified atom stereocenters. The summed E-state index contributed by atoms with van der Waals surface area (Å²) in [6.45, 7) is 1.52. The predicted molar refractivity (Wildman–Crippen MR) is 40.6 cm³/mol. The molecule has 0 heterocycles. The quantitative estimate of drug-likeness (QED) is 0.488. The van der Waals surface area contributed by atoms with Crippen molar-refractivity contribution < 1.29 is 15.0 Å². The second-order valence-electron chi connectivity index (χ2n) is 2.65.